The number of unbranched alkanes of at least 4 members (excludes halogenated alkanes) is 2. The summed E-state index contributed by atoms with van der Waals surface area (Å²) in [7, 11) is 1.21. The van der Waals surface area contributed by atoms with Crippen LogP contribution in [0, 0.1) is 11.8 Å². The lowest BCUT2D eigenvalue weighted by Crippen LogP contribution is -2.45. The number of hydrogen-bond acceptors (Lipinski definition) is 8. The largest absolute Gasteiger partial charge is 0.507 e. The molecule has 0 saturated carbocycles. The van der Waals surface area contributed by atoms with Crippen molar-refractivity contribution in [2.45, 2.75) is 52.6 Å². The van der Waals surface area contributed by atoms with Crippen molar-refractivity contribution in [3.05, 3.63) is 77.6 Å². The summed E-state index contributed by atoms with van der Waals surface area (Å²) >= 11 is 0. The molecule has 3 aromatic rings. The highest BCUT2D eigenvalue weighted by Gasteiger charge is 2.32. The molecule has 3 amide bonds. The number of carbonyl (C=O) groups excluding carboxylic acids is 4. The first-order chi connectivity index (χ1) is 20.8. The number of furan rings is 1. The zero-order chi connectivity index (χ0) is 31.2. The lowest BCUT2D eigenvalue weighted by molar-refractivity contribution is -0.144. The van der Waals surface area contributed by atoms with Gasteiger partial charge in [-0.25, -0.2) is 10.3 Å². The number of methoxy groups -OCH3 is 1. The molecule has 0 unspecified atom stereocenters. The maximum Gasteiger partial charge on any atom is 0.341 e. The first-order valence-electron chi connectivity index (χ1n) is 14.3. The van der Waals surface area contributed by atoms with E-state index >= 15 is 0 Å². The van der Waals surface area contributed by atoms with Gasteiger partial charge in [0.2, 0.25) is 11.8 Å². The van der Waals surface area contributed by atoms with E-state index in [2.05, 4.69) is 27.8 Å². The molecular weight excluding hydrogens is 554 g/mol. The lowest BCUT2D eigenvalue weighted by atomic mass is 9.84. The maximum absolute atomic E-state index is 13.2. The van der Waals surface area contributed by atoms with Crippen molar-refractivity contribution in [3.8, 4) is 17.1 Å². The Bertz CT molecular complexity index is 1370. The molecule has 0 spiro atoms. The fourth-order valence-electron chi connectivity index (χ4n) is 4.63. The molecule has 2 aromatic carbocycles. The number of rotatable bonds is 16. The van der Waals surface area contributed by atoms with Crippen LogP contribution in [-0.4, -0.2) is 42.6 Å². The van der Waals surface area contributed by atoms with Gasteiger partial charge in [0.05, 0.1) is 26.3 Å². The molecule has 0 bridgehead atoms. The molecule has 1 heterocycles. The average molecular weight is 594 g/mol. The second-order valence-electron chi connectivity index (χ2n) is 9.97. The second-order valence-corrected chi connectivity index (χ2v) is 9.97. The number of nitrogens with one attached hydrogen (secondary N) is 3. The summed E-state index contributed by atoms with van der Waals surface area (Å²) in [6, 6.07) is 16.7. The van der Waals surface area contributed by atoms with E-state index in [0.29, 0.717) is 24.2 Å². The van der Waals surface area contributed by atoms with Gasteiger partial charge in [0, 0.05) is 11.5 Å². The quantitative estimate of drug-likeness (QED) is 0.0805. The number of aromatic hydroxyl groups is 1. The molecule has 230 valence electrons. The van der Waals surface area contributed by atoms with Crippen LogP contribution in [0.2, 0.25) is 0 Å². The molecule has 4 N–H and O–H groups in total. The highest BCUT2D eigenvalue weighted by molar-refractivity contribution is 5.94. The summed E-state index contributed by atoms with van der Waals surface area (Å²) in [4.78, 5) is 56.0. The molecule has 11 nitrogen and oxygen atoms in total. The molecule has 0 aliphatic heterocycles. The molecule has 0 aliphatic rings. The van der Waals surface area contributed by atoms with Crippen LogP contribution < -0.4 is 16.1 Å². The average Bonchev–Trinajstić information content (AvgIpc) is 3.51. The number of hydrogen-bond donors (Lipinski definition) is 4. The molecule has 43 heavy (non-hydrogen) atoms. The SMILES string of the molecule is CCCCC[C@@H](C(=O)NCNC(=O)c1ccc(-c2ccc(C(=O)OC)c(O)c2)o1)[C@@H](CC)C(=O)NOCc1ccccc1. The highest BCUT2D eigenvalue weighted by atomic mass is 16.6. The van der Waals surface area contributed by atoms with Gasteiger partial charge < -0.3 is 24.9 Å². The summed E-state index contributed by atoms with van der Waals surface area (Å²) in [5.41, 5.74) is 3.85. The minimum atomic E-state index is -0.680. The molecule has 3 rings (SSSR count). The fraction of sp³-hybridized carbons (Fsp3) is 0.375. The Morgan fingerprint density at radius 3 is 2.35 bits per heavy atom. The van der Waals surface area contributed by atoms with Crippen LogP contribution in [0.1, 0.15) is 72.4 Å². The Kier molecular flexibility index (Phi) is 12.8. The Hall–Kier alpha value is -4.64. The second kappa shape index (κ2) is 16.7. The maximum atomic E-state index is 13.2. The van der Waals surface area contributed by atoms with Gasteiger partial charge >= 0.3 is 5.97 Å². The van der Waals surface area contributed by atoms with Gasteiger partial charge in [-0.15, -0.1) is 0 Å². The lowest BCUT2D eigenvalue weighted by Gasteiger charge is -2.24. The first kappa shape index (κ1) is 32.9. The molecule has 1 aromatic heterocycles. The number of esters is 1. The van der Waals surface area contributed by atoms with Crippen molar-refractivity contribution in [2.75, 3.05) is 13.8 Å². The number of carbonyl (C=O) groups is 4. The molecule has 0 saturated heterocycles. The van der Waals surface area contributed by atoms with Gasteiger partial charge in [0.25, 0.3) is 5.91 Å². The molecule has 0 radical (unpaired) electrons. The fourth-order valence-corrected chi connectivity index (χ4v) is 4.63. The predicted octanol–water partition coefficient (Wildman–Crippen LogP) is 4.71. The van der Waals surface area contributed by atoms with Gasteiger partial charge in [0.15, 0.2) is 5.76 Å². The van der Waals surface area contributed by atoms with Crippen LogP contribution >= 0.6 is 0 Å². The van der Waals surface area contributed by atoms with Crippen LogP contribution in [0.4, 0.5) is 0 Å². The smallest absolute Gasteiger partial charge is 0.341 e. The van der Waals surface area contributed by atoms with Crippen LogP contribution in [0.5, 0.6) is 5.75 Å². The van der Waals surface area contributed by atoms with Gasteiger partial charge in [-0.3, -0.25) is 19.2 Å². The van der Waals surface area contributed by atoms with Crippen molar-refractivity contribution in [2.24, 2.45) is 11.8 Å². The minimum Gasteiger partial charge on any atom is -0.507 e. The molecular formula is C32H39N3O8. The van der Waals surface area contributed by atoms with E-state index in [1.54, 1.807) is 12.1 Å². The van der Waals surface area contributed by atoms with E-state index < -0.39 is 23.7 Å². The van der Waals surface area contributed by atoms with E-state index in [-0.39, 0.29) is 42.2 Å². The summed E-state index contributed by atoms with van der Waals surface area (Å²) in [5, 5.41) is 15.5. The topological polar surface area (TPSA) is 156 Å². The molecule has 11 heteroatoms. The van der Waals surface area contributed by atoms with E-state index in [9.17, 15) is 24.3 Å². The zero-order valence-corrected chi connectivity index (χ0v) is 24.7. The third-order valence-corrected chi connectivity index (χ3v) is 7.00. The van der Waals surface area contributed by atoms with Crippen molar-refractivity contribution in [1.82, 2.24) is 16.1 Å². The third-order valence-electron chi connectivity index (χ3n) is 7.00. The van der Waals surface area contributed by atoms with Crippen molar-refractivity contribution in [3.63, 3.8) is 0 Å². The Morgan fingerprint density at radius 2 is 1.67 bits per heavy atom. The standard InChI is InChI=1S/C32H39N3O8/c1-4-6-8-13-24(23(5-2)30(38)35-42-19-21-11-9-7-10-12-21)29(37)33-20-34-31(39)28-17-16-27(43-28)22-14-15-25(26(36)18-22)32(40)41-3/h7,9-12,14-18,23-24,36H,4-6,8,13,19-20H2,1-3H3,(H,33,37)(H,34,39)(H,35,38)/t23-,24-/m1/s1. The normalized spacial score (nSPS) is 12.2. The third kappa shape index (κ3) is 9.44. The van der Waals surface area contributed by atoms with Crippen LogP contribution in [0.15, 0.2) is 65.1 Å². The van der Waals surface area contributed by atoms with Crippen LogP contribution in [-0.2, 0) is 25.8 Å². The first-order valence-corrected chi connectivity index (χ1v) is 14.3. The van der Waals surface area contributed by atoms with Crippen LogP contribution in [0.25, 0.3) is 11.3 Å². The Balaban J connectivity index is 1.57. The van der Waals surface area contributed by atoms with E-state index in [1.165, 1.54) is 25.3 Å². The number of phenolic OH excluding ortho intramolecular Hbond substituents is 1. The molecule has 2 atom stereocenters. The Labute approximate surface area is 250 Å². The van der Waals surface area contributed by atoms with E-state index in [0.717, 1.165) is 24.8 Å². The number of benzene rings is 2. The van der Waals surface area contributed by atoms with E-state index in [1.807, 2.05) is 37.3 Å². The van der Waals surface area contributed by atoms with Gasteiger partial charge in [-0.05, 0) is 42.7 Å². The minimum absolute atomic E-state index is 0.00187. The Morgan fingerprint density at radius 1 is 0.907 bits per heavy atom. The van der Waals surface area contributed by atoms with Crippen molar-refractivity contribution >= 4 is 23.7 Å². The molecule has 0 aliphatic carbocycles. The summed E-state index contributed by atoms with van der Waals surface area (Å²) < 4.78 is 10.2. The number of phenols is 1. The van der Waals surface area contributed by atoms with Crippen molar-refractivity contribution in [1.29, 1.82) is 0 Å². The van der Waals surface area contributed by atoms with Crippen LogP contribution in [0.3, 0.4) is 0 Å². The van der Waals surface area contributed by atoms with Gasteiger partial charge in [-0.1, -0.05) is 69.5 Å². The highest BCUT2D eigenvalue weighted by Crippen LogP contribution is 2.28. The molecule has 0 fully saturated rings. The van der Waals surface area contributed by atoms with Gasteiger partial charge in [-0.2, -0.15) is 0 Å². The number of amides is 3. The van der Waals surface area contributed by atoms with Gasteiger partial charge in [0.1, 0.15) is 17.1 Å². The van der Waals surface area contributed by atoms with Crippen molar-refractivity contribution < 1.29 is 38.3 Å². The monoisotopic (exact) mass is 593 g/mol. The summed E-state index contributed by atoms with van der Waals surface area (Å²) in [6.07, 6.45) is 3.62. The zero-order valence-electron chi connectivity index (χ0n) is 24.7. The predicted molar refractivity (Wildman–Crippen MR) is 158 cm³/mol. The summed E-state index contributed by atoms with van der Waals surface area (Å²) in [5.74, 6) is -3.18. The number of ether oxygens (including phenoxy) is 1. The van der Waals surface area contributed by atoms with E-state index in [4.69, 9.17) is 9.25 Å². The number of hydroxylamine groups is 1. The summed E-state index contributed by atoms with van der Waals surface area (Å²) in [6.45, 7) is 3.94.